The highest BCUT2D eigenvalue weighted by Gasteiger charge is 2.13. The number of aromatic nitrogens is 1. The predicted molar refractivity (Wildman–Crippen MR) is 80.4 cm³/mol. The molecule has 100 valence electrons. The lowest BCUT2D eigenvalue weighted by molar-refractivity contribution is 0.102. The van der Waals surface area contributed by atoms with E-state index >= 15 is 0 Å². The second kappa shape index (κ2) is 6.31. The monoisotopic (exact) mass is 329 g/mol. The van der Waals surface area contributed by atoms with E-state index in [1.54, 1.807) is 30.5 Å². The third kappa shape index (κ3) is 3.03. The maximum atomic E-state index is 12.1. The molecule has 0 saturated heterocycles. The van der Waals surface area contributed by atoms with Crippen molar-refractivity contribution in [2.75, 3.05) is 5.32 Å². The van der Waals surface area contributed by atoms with Crippen LogP contribution in [0.4, 0.5) is 5.69 Å². The first-order chi connectivity index (χ1) is 9.65. The number of nitrogens with zero attached hydrogens (tertiary/aromatic N) is 2. The number of hydrogen-bond acceptors (Lipinski definition) is 3. The number of halogens is 1. The van der Waals surface area contributed by atoms with Crippen molar-refractivity contribution in [3.05, 3.63) is 57.8 Å². The highest BCUT2D eigenvalue weighted by atomic mass is 79.9. The lowest BCUT2D eigenvalue weighted by Gasteiger charge is -2.08. The smallest absolute Gasteiger partial charge is 0.275 e. The van der Waals surface area contributed by atoms with Gasteiger partial charge in [0.2, 0.25) is 0 Å². The van der Waals surface area contributed by atoms with Crippen molar-refractivity contribution < 1.29 is 4.79 Å². The van der Waals surface area contributed by atoms with Crippen LogP contribution < -0.4 is 5.32 Å². The molecule has 0 aliphatic carbocycles. The fourth-order valence-electron chi connectivity index (χ4n) is 1.75. The maximum Gasteiger partial charge on any atom is 0.275 e. The van der Waals surface area contributed by atoms with Crippen molar-refractivity contribution in [1.82, 2.24) is 4.98 Å². The number of anilines is 1. The molecule has 5 heteroatoms. The molecule has 0 bridgehead atoms. The van der Waals surface area contributed by atoms with Gasteiger partial charge in [-0.3, -0.25) is 4.79 Å². The number of aryl methyl sites for hydroxylation is 1. The quantitative estimate of drug-likeness (QED) is 0.936. The summed E-state index contributed by atoms with van der Waals surface area (Å²) in [4.78, 5) is 16.2. The van der Waals surface area contributed by atoms with Gasteiger partial charge >= 0.3 is 0 Å². The van der Waals surface area contributed by atoms with Crippen LogP contribution in [0.5, 0.6) is 0 Å². The number of amides is 1. The molecule has 0 saturated carbocycles. The normalized spacial score (nSPS) is 9.85. The van der Waals surface area contributed by atoms with E-state index in [2.05, 4.69) is 32.3 Å². The summed E-state index contributed by atoms with van der Waals surface area (Å²) < 4.78 is 0.612. The van der Waals surface area contributed by atoms with Gasteiger partial charge in [-0.2, -0.15) is 5.26 Å². The summed E-state index contributed by atoms with van der Waals surface area (Å²) in [6, 6.07) is 11.0. The Bertz CT molecular complexity index is 692. The minimum Gasteiger partial charge on any atom is -0.319 e. The Kier molecular flexibility index (Phi) is 4.49. The average Bonchev–Trinajstić information content (AvgIpc) is 2.48. The number of carbonyl (C=O) groups excluding carboxylic acids is 1. The van der Waals surface area contributed by atoms with Crippen LogP contribution in [0.2, 0.25) is 0 Å². The van der Waals surface area contributed by atoms with E-state index in [0.717, 1.165) is 12.0 Å². The Morgan fingerprint density at radius 2 is 2.25 bits per heavy atom. The number of pyridine rings is 1. The van der Waals surface area contributed by atoms with E-state index in [0.29, 0.717) is 15.7 Å². The van der Waals surface area contributed by atoms with Crippen LogP contribution in [0.15, 0.2) is 41.0 Å². The molecule has 1 aromatic heterocycles. The van der Waals surface area contributed by atoms with E-state index in [4.69, 9.17) is 5.26 Å². The zero-order chi connectivity index (χ0) is 14.5. The number of nitrogens with one attached hydrogen (secondary N) is 1. The van der Waals surface area contributed by atoms with E-state index in [9.17, 15) is 4.79 Å². The first kappa shape index (κ1) is 14.2. The molecule has 1 amide bonds. The van der Waals surface area contributed by atoms with Crippen LogP contribution in [0.25, 0.3) is 0 Å². The van der Waals surface area contributed by atoms with Crippen LogP contribution in [0, 0.1) is 11.3 Å². The van der Waals surface area contributed by atoms with E-state index in [1.165, 1.54) is 0 Å². The Hall–Kier alpha value is -2.19. The molecular formula is C15H12BrN3O. The Morgan fingerprint density at radius 1 is 1.45 bits per heavy atom. The molecular weight excluding hydrogens is 318 g/mol. The molecule has 2 rings (SSSR count). The molecule has 0 aliphatic heterocycles. The fourth-order valence-corrected chi connectivity index (χ4v) is 2.18. The SMILES string of the molecule is CCc1ccc(NC(=O)c2ncccc2Br)c(C#N)c1. The Morgan fingerprint density at radius 3 is 2.90 bits per heavy atom. The molecule has 0 atom stereocenters. The van der Waals surface area contributed by atoms with E-state index < -0.39 is 0 Å². The Labute approximate surface area is 125 Å². The summed E-state index contributed by atoms with van der Waals surface area (Å²) in [5, 5.41) is 11.9. The molecule has 1 heterocycles. The van der Waals surface area contributed by atoms with Gasteiger partial charge in [-0.1, -0.05) is 13.0 Å². The first-order valence-electron chi connectivity index (χ1n) is 6.10. The second-order valence-corrected chi connectivity index (χ2v) is 4.99. The lowest BCUT2D eigenvalue weighted by Crippen LogP contribution is -2.15. The van der Waals surface area contributed by atoms with Gasteiger partial charge in [0.1, 0.15) is 11.8 Å². The number of carbonyl (C=O) groups is 1. The van der Waals surface area contributed by atoms with Crippen molar-refractivity contribution in [2.24, 2.45) is 0 Å². The molecule has 1 N–H and O–H groups in total. The van der Waals surface area contributed by atoms with Crippen LogP contribution in [-0.4, -0.2) is 10.9 Å². The molecule has 2 aromatic rings. The summed E-state index contributed by atoms with van der Waals surface area (Å²) in [6.45, 7) is 2.01. The van der Waals surface area contributed by atoms with Crippen molar-refractivity contribution >= 4 is 27.5 Å². The van der Waals surface area contributed by atoms with Crippen molar-refractivity contribution in [3.8, 4) is 6.07 Å². The molecule has 20 heavy (non-hydrogen) atoms. The van der Waals surface area contributed by atoms with Gasteiger partial charge in [0.05, 0.1) is 11.3 Å². The van der Waals surface area contributed by atoms with Gasteiger partial charge in [-0.25, -0.2) is 4.98 Å². The summed E-state index contributed by atoms with van der Waals surface area (Å²) >= 11 is 3.28. The second-order valence-electron chi connectivity index (χ2n) is 4.13. The minimum absolute atomic E-state index is 0.288. The third-order valence-electron chi connectivity index (χ3n) is 2.83. The summed E-state index contributed by atoms with van der Waals surface area (Å²) in [5.74, 6) is -0.349. The minimum atomic E-state index is -0.349. The van der Waals surface area contributed by atoms with Crippen LogP contribution >= 0.6 is 15.9 Å². The summed E-state index contributed by atoms with van der Waals surface area (Å²) in [5.41, 5.74) is 2.28. The van der Waals surface area contributed by atoms with Crippen molar-refractivity contribution in [3.63, 3.8) is 0 Å². The fraction of sp³-hybridized carbons (Fsp3) is 0.133. The molecule has 0 spiro atoms. The Balaban J connectivity index is 2.29. The van der Waals surface area contributed by atoms with Gasteiger partial charge in [-0.05, 0) is 52.2 Å². The molecule has 0 radical (unpaired) electrons. The van der Waals surface area contributed by atoms with Crippen LogP contribution in [0.3, 0.4) is 0 Å². The summed E-state index contributed by atoms with van der Waals surface area (Å²) in [6.07, 6.45) is 2.39. The number of benzene rings is 1. The standard InChI is InChI=1S/C15H12BrN3O/c1-2-10-5-6-13(11(8-10)9-17)19-15(20)14-12(16)4-3-7-18-14/h3-8H,2H2,1H3,(H,19,20). The topological polar surface area (TPSA) is 65.8 Å². The third-order valence-corrected chi connectivity index (χ3v) is 3.47. The molecule has 0 aliphatic rings. The molecule has 1 aromatic carbocycles. The molecule has 4 nitrogen and oxygen atoms in total. The highest BCUT2D eigenvalue weighted by molar-refractivity contribution is 9.10. The average molecular weight is 330 g/mol. The number of hydrogen-bond donors (Lipinski definition) is 1. The zero-order valence-electron chi connectivity index (χ0n) is 10.9. The maximum absolute atomic E-state index is 12.1. The van der Waals surface area contributed by atoms with E-state index in [1.807, 2.05) is 13.0 Å². The highest BCUT2D eigenvalue weighted by Crippen LogP contribution is 2.20. The molecule has 0 unspecified atom stereocenters. The van der Waals surface area contributed by atoms with Gasteiger partial charge in [0, 0.05) is 10.7 Å². The largest absolute Gasteiger partial charge is 0.319 e. The van der Waals surface area contributed by atoms with Gasteiger partial charge in [0.15, 0.2) is 0 Å². The van der Waals surface area contributed by atoms with Gasteiger partial charge in [0.25, 0.3) is 5.91 Å². The lowest BCUT2D eigenvalue weighted by atomic mass is 10.1. The number of nitriles is 1. The van der Waals surface area contributed by atoms with Gasteiger partial charge < -0.3 is 5.32 Å². The van der Waals surface area contributed by atoms with Gasteiger partial charge in [-0.15, -0.1) is 0 Å². The van der Waals surface area contributed by atoms with Crippen molar-refractivity contribution in [1.29, 1.82) is 5.26 Å². The zero-order valence-corrected chi connectivity index (χ0v) is 12.4. The number of rotatable bonds is 3. The van der Waals surface area contributed by atoms with Crippen LogP contribution in [0.1, 0.15) is 28.5 Å². The molecule has 0 fully saturated rings. The summed E-state index contributed by atoms with van der Waals surface area (Å²) in [7, 11) is 0. The predicted octanol–water partition coefficient (Wildman–Crippen LogP) is 3.53. The van der Waals surface area contributed by atoms with Crippen molar-refractivity contribution in [2.45, 2.75) is 13.3 Å². The first-order valence-corrected chi connectivity index (χ1v) is 6.90. The van der Waals surface area contributed by atoms with Crippen LogP contribution in [-0.2, 0) is 6.42 Å². The van der Waals surface area contributed by atoms with E-state index in [-0.39, 0.29) is 11.6 Å².